The zero-order chi connectivity index (χ0) is 17.6. The molecule has 2 rings (SSSR count). The van der Waals surface area contributed by atoms with E-state index >= 15 is 0 Å². The molecule has 1 saturated heterocycles. The fourth-order valence-electron chi connectivity index (χ4n) is 3.78. The van der Waals surface area contributed by atoms with Crippen molar-refractivity contribution in [3.8, 4) is 0 Å². The van der Waals surface area contributed by atoms with Crippen molar-refractivity contribution in [3.63, 3.8) is 0 Å². The highest BCUT2D eigenvalue weighted by molar-refractivity contribution is 6.82. The van der Waals surface area contributed by atoms with E-state index in [9.17, 15) is 4.79 Å². The van der Waals surface area contributed by atoms with E-state index < -0.39 is 13.8 Å². The number of hydrogen-bond donors (Lipinski definition) is 0. The Hall–Kier alpha value is -0.813. The maximum Gasteiger partial charge on any atom is 0.412 e. The second-order valence-electron chi connectivity index (χ2n) is 8.82. The van der Waals surface area contributed by atoms with Crippen LogP contribution in [-0.2, 0) is 9.47 Å². The number of carbonyl (C=O) groups excluding carboxylic acids is 1. The zero-order valence-corrected chi connectivity index (χ0v) is 17.0. The number of hydrogen-bond acceptors (Lipinski definition) is 3. The Balaban J connectivity index is 2.44. The van der Waals surface area contributed by atoms with Crippen LogP contribution in [0.5, 0.6) is 0 Å². The Morgan fingerprint density at radius 3 is 2.52 bits per heavy atom. The van der Waals surface area contributed by atoms with Gasteiger partial charge < -0.3 is 9.47 Å². The molecule has 0 aromatic heterocycles. The lowest BCUT2D eigenvalue weighted by Crippen LogP contribution is -2.56. The lowest BCUT2D eigenvalue weighted by atomic mass is 9.97. The van der Waals surface area contributed by atoms with Gasteiger partial charge in [0.2, 0.25) is 0 Å². The average molecular weight is 340 g/mol. The van der Waals surface area contributed by atoms with E-state index in [0.717, 1.165) is 6.42 Å². The van der Waals surface area contributed by atoms with Gasteiger partial charge in [-0.05, 0) is 37.8 Å². The van der Waals surface area contributed by atoms with Gasteiger partial charge in [0.15, 0.2) is 0 Å². The maximum absolute atomic E-state index is 12.7. The quantitative estimate of drug-likeness (QED) is 0.536. The molecule has 5 heteroatoms. The van der Waals surface area contributed by atoms with E-state index in [1.54, 1.807) is 0 Å². The van der Waals surface area contributed by atoms with Crippen LogP contribution in [0.25, 0.3) is 0 Å². The van der Waals surface area contributed by atoms with E-state index in [1.807, 2.05) is 25.7 Å². The number of ether oxygens (including phenoxy) is 2. The molecule has 0 aromatic carbocycles. The SMILES string of the molecule is CCOC(=O)N1[C@H]2[C@H](CC=C[C@@H]2[Si](C)(C)C(C)(C)C)OC1(C)C. The van der Waals surface area contributed by atoms with Crippen LogP contribution in [0, 0.1) is 0 Å². The normalized spacial score (nSPS) is 30.3. The van der Waals surface area contributed by atoms with Gasteiger partial charge in [0, 0.05) is 0 Å². The molecule has 1 amide bonds. The Labute approximate surface area is 142 Å². The van der Waals surface area contributed by atoms with E-state index in [-0.39, 0.29) is 23.3 Å². The maximum atomic E-state index is 12.7. The summed E-state index contributed by atoms with van der Waals surface area (Å²) < 4.78 is 11.6. The molecular formula is C18H33NO3Si. The lowest BCUT2D eigenvalue weighted by molar-refractivity contribution is -0.0685. The largest absolute Gasteiger partial charge is 0.450 e. The predicted octanol–water partition coefficient (Wildman–Crippen LogP) is 4.79. The molecule has 0 radical (unpaired) electrons. The summed E-state index contributed by atoms with van der Waals surface area (Å²) in [6.07, 6.45) is 5.28. The van der Waals surface area contributed by atoms with Crippen LogP contribution >= 0.6 is 0 Å². The van der Waals surface area contributed by atoms with Crippen molar-refractivity contribution in [2.45, 2.75) is 89.5 Å². The lowest BCUT2D eigenvalue weighted by Gasteiger charge is -2.48. The van der Waals surface area contributed by atoms with Gasteiger partial charge in [0.05, 0.1) is 26.8 Å². The molecule has 0 unspecified atom stereocenters. The molecular weight excluding hydrogens is 306 g/mol. The van der Waals surface area contributed by atoms with Gasteiger partial charge in [-0.2, -0.15) is 0 Å². The van der Waals surface area contributed by atoms with E-state index in [4.69, 9.17) is 9.47 Å². The van der Waals surface area contributed by atoms with Gasteiger partial charge >= 0.3 is 6.09 Å². The number of carbonyl (C=O) groups is 1. The molecule has 0 bridgehead atoms. The molecule has 3 atom stereocenters. The number of fused-ring (bicyclic) bond motifs is 1. The zero-order valence-electron chi connectivity index (χ0n) is 16.0. The van der Waals surface area contributed by atoms with Crippen molar-refractivity contribution >= 4 is 14.2 Å². The molecule has 132 valence electrons. The van der Waals surface area contributed by atoms with E-state index in [2.05, 4.69) is 46.0 Å². The summed E-state index contributed by atoms with van der Waals surface area (Å²) in [5, 5.41) is 0.247. The van der Waals surface area contributed by atoms with Crippen molar-refractivity contribution < 1.29 is 14.3 Å². The van der Waals surface area contributed by atoms with E-state index in [1.165, 1.54) is 0 Å². The van der Waals surface area contributed by atoms with Crippen LogP contribution in [0.2, 0.25) is 23.7 Å². The number of amides is 1. The summed E-state index contributed by atoms with van der Waals surface area (Å²) in [6.45, 7) is 18.0. The molecule has 1 aliphatic carbocycles. The minimum atomic E-state index is -1.68. The summed E-state index contributed by atoms with van der Waals surface area (Å²) in [4.78, 5) is 14.5. The van der Waals surface area contributed by atoms with Crippen LogP contribution < -0.4 is 0 Å². The predicted molar refractivity (Wildman–Crippen MR) is 96.3 cm³/mol. The van der Waals surface area contributed by atoms with Crippen LogP contribution in [0.1, 0.15) is 48.0 Å². The highest BCUT2D eigenvalue weighted by Crippen LogP contribution is 2.52. The highest BCUT2D eigenvalue weighted by Gasteiger charge is 2.58. The molecule has 0 saturated carbocycles. The Morgan fingerprint density at radius 2 is 2.00 bits per heavy atom. The van der Waals surface area contributed by atoms with Crippen molar-refractivity contribution in [2.24, 2.45) is 0 Å². The molecule has 1 fully saturated rings. The van der Waals surface area contributed by atoms with Crippen molar-refractivity contribution in [3.05, 3.63) is 12.2 Å². The topological polar surface area (TPSA) is 38.8 Å². The van der Waals surface area contributed by atoms with Gasteiger partial charge in [-0.1, -0.05) is 46.0 Å². The van der Waals surface area contributed by atoms with Crippen molar-refractivity contribution in [1.29, 1.82) is 0 Å². The third-order valence-corrected chi connectivity index (χ3v) is 12.1. The van der Waals surface area contributed by atoms with Gasteiger partial charge in [-0.3, -0.25) is 4.90 Å². The summed E-state index contributed by atoms with van der Waals surface area (Å²) in [6, 6.07) is 0.0786. The average Bonchev–Trinajstić information content (AvgIpc) is 2.66. The molecule has 2 aliphatic rings. The smallest absolute Gasteiger partial charge is 0.412 e. The van der Waals surface area contributed by atoms with Crippen LogP contribution in [0.3, 0.4) is 0 Å². The molecule has 0 N–H and O–H groups in total. The minimum Gasteiger partial charge on any atom is -0.450 e. The molecule has 4 nitrogen and oxygen atoms in total. The number of rotatable bonds is 2. The first kappa shape index (κ1) is 18.5. The van der Waals surface area contributed by atoms with Gasteiger partial charge in [-0.15, -0.1) is 0 Å². The second-order valence-corrected chi connectivity index (χ2v) is 14.4. The third-order valence-electron chi connectivity index (χ3n) is 6.01. The second kappa shape index (κ2) is 5.92. The number of nitrogens with zero attached hydrogens (tertiary/aromatic N) is 1. The monoisotopic (exact) mass is 339 g/mol. The van der Waals surface area contributed by atoms with Crippen molar-refractivity contribution in [1.82, 2.24) is 4.90 Å². The fraction of sp³-hybridized carbons (Fsp3) is 0.833. The van der Waals surface area contributed by atoms with Crippen LogP contribution in [0.15, 0.2) is 12.2 Å². The highest BCUT2D eigenvalue weighted by atomic mass is 28.3. The summed E-state index contributed by atoms with van der Waals surface area (Å²) in [5.74, 6) is 0. The third kappa shape index (κ3) is 3.10. The Kier molecular flexibility index (Phi) is 4.77. The van der Waals surface area contributed by atoms with Gasteiger partial charge in [0.1, 0.15) is 5.72 Å². The van der Waals surface area contributed by atoms with Crippen molar-refractivity contribution in [2.75, 3.05) is 6.61 Å². The molecule has 1 heterocycles. The van der Waals surface area contributed by atoms with Crippen LogP contribution in [-0.4, -0.2) is 43.5 Å². The minimum absolute atomic E-state index is 0.0681. The van der Waals surface area contributed by atoms with E-state index in [0.29, 0.717) is 12.1 Å². The van der Waals surface area contributed by atoms with Gasteiger partial charge in [-0.25, -0.2) is 4.79 Å². The summed E-state index contributed by atoms with van der Waals surface area (Å²) in [7, 11) is -1.68. The molecule has 0 aromatic rings. The molecule has 23 heavy (non-hydrogen) atoms. The first-order valence-corrected chi connectivity index (χ1v) is 11.8. The molecule has 1 aliphatic heterocycles. The summed E-state index contributed by atoms with van der Waals surface area (Å²) in [5.41, 5.74) is -0.249. The summed E-state index contributed by atoms with van der Waals surface area (Å²) >= 11 is 0. The standard InChI is InChI=1S/C18H33NO3Si/c1-9-21-16(20)19-15-13(22-18(19,5)6)11-10-12-14(15)23(7,8)17(2,3)4/h10,12-15H,9,11H2,1-8H3/t13-,14-,15-/m0/s1. The molecule has 0 spiro atoms. The Morgan fingerprint density at radius 1 is 1.39 bits per heavy atom. The first-order valence-electron chi connectivity index (χ1n) is 8.74. The van der Waals surface area contributed by atoms with Crippen LogP contribution in [0.4, 0.5) is 4.79 Å². The fourth-order valence-corrected chi connectivity index (χ4v) is 6.61. The van der Waals surface area contributed by atoms with Gasteiger partial charge in [0.25, 0.3) is 0 Å². The first-order chi connectivity index (χ1) is 10.4. The Bertz CT molecular complexity index is 493.